The molecule has 0 amide bonds. The van der Waals surface area contributed by atoms with Gasteiger partial charge in [0.05, 0.1) is 0 Å². The predicted molar refractivity (Wildman–Crippen MR) is 56.7 cm³/mol. The normalized spacial score (nSPS) is 12.7. The van der Waals surface area contributed by atoms with Crippen LogP contribution >= 0.6 is 0 Å². The lowest BCUT2D eigenvalue weighted by Crippen LogP contribution is -2.37. The first-order valence-corrected chi connectivity index (χ1v) is 5.09. The van der Waals surface area contributed by atoms with Gasteiger partial charge in [0.1, 0.15) is 11.9 Å². The summed E-state index contributed by atoms with van der Waals surface area (Å²) in [5, 5.41) is 11.8. The number of likely N-dealkylation sites (N-methyl/N-ethyl adjacent to an activating group) is 1. The summed E-state index contributed by atoms with van der Waals surface area (Å²) in [6.45, 7) is 5.15. The Labute approximate surface area is 89.1 Å². The van der Waals surface area contributed by atoms with Crippen molar-refractivity contribution < 1.29 is 9.90 Å². The van der Waals surface area contributed by atoms with Crippen molar-refractivity contribution >= 4 is 5.97 Å². The van der Waals surface area contributed by atoms with Crippen molar-refractivity contribution in [2.24, 2.45) is 0 Å². The molecule has 1 atom stereocenters. The highest BCUT2D eigenvalue weighted by Gasteiger charge is 2.15. The van der Waals surface area contributed by atoms with E-state index in [1.807, 2.05) is 24.6 Å². The molecule has 0 saturated carbocycles. The molecule has 15 heavy (non-hydrogen) atoms. The van der Waals surface area contributed by atoms with Crippen LogP contribution in [0.2, 0.25) is 0 Å². The van der Waals surface area contributed by atoms with Gasteiger partial charge in [0.2, 0.25) is 0 Å². The third-order valence-corrected chi connectivity index (χ3v) is 2.33. The van der Waals surface area contributed by atoms with Gasteiger partial charge in [-0.1, -0.05) is 6.92 Å². The lowest BCUT2D eigenvalue weighted by molar-refractivity contribution is -0.139. The predicted octanol–water partition coefficient (Wildman–Crippen LogP) is 0.644. The van der Waals surface area contributed by atoms with Gasteiger partial charge in [-0.15, -0.1) is 0 Å². The molecular formula is C10H17N3O2. The maximum Gasteiger partial charge on any atom is 0.320 e. The third-order valence-electron chi connectivity index (χ3n) is 2.33. The molecule has 1 heterocycles. The first kappa shape index (κ1) is 11.7. The van der Waals surface area contributed by atoms with Gasteiger partial charge in [-0.2, -0.15) is 0 Å². The summed E-state index contributed by atoms with van der Waals surface area (Å²) < 4.78 is 1.95. The van der Waals surface area contributed by atoms with Gasteiger partial charge < -0.3 is 15.0 Å². The number of hydrogen-bond donors (Lipinski definition) is 2. The van der Waals surface area contributed by atoms with E-state index in [9.17, 15) is 4.79 Å². The standard InChI is InChI=1S/C10H17N3O2/c1-3-11-9(10(14)15)4-6-13-7-5-12-8(13)2/h5,7,9,11H,3-4,6H2,1-2H3,(H,14,15). The van der Waals surface area contributed by atoms with E-state index in [-0.39, 0.29) is 0 Å². The summed E-state index contributed by atoms with van der Waals surface area (Å²) in [6.07, 6.45) is 4.15. The SMILES string of the molecule is CCNC(CCn1ccnc1C)C(=O)O. The topological polar surface area (TPSA) is 67.2 Å². The maximum absolute atomic E-state index is 10.8. The Hall–Kier alpha value is -1.36. The van der Waals surface area contributed by atoms with Crippen LogP contribution in [0.1, 0.15) is 19.2 Å². The van der Waals surface area contributed by atoms with Gasteiger partial charge >= 0.3 is 5.97 Å². The van der Waals surface area contributed by atoms with Crippen LogP contribution in [0.25, 0.3) is 0 Å². The van der Waals surface area contributed by atoms with Gasteiger partial charge in [0.25, 0.3) is 0 Å². The zero-order chi connectivity index (χ0) is 11.3. The number of rotatable bonds is 6. The van der Waals surface area contributed by atoms with Crippen LogP contribution in [0.5, 0.6) is 0 Å². The Balaban J connectivity index is 2.47. The average molecular weight is 211 g/mol. The van der Waals surface area contributed by atoms with E-state index in [0.717, 1.165) is 5.82 Å². The second kappa shape index (κ2) is 5.50. The van der Waals surface area contributed by atoms with E-state index in [2.05, 4.69) is 10.3 Å². The molecule has 0 bridgehead atoms. The molecule has 1 aromatic rings. The molecule has 1 aromatic heterocycles. The van der Waals surface area contributed by atoms with E-state index >= 15 is 0 Å². The number of nitrogens with zero attached hydrogens (tertiary/aromatic N) is 2. The van der Waals surface area contributed by atoms with E-state index in [1.54, 1.807) is 6.20 Å². The molecule has 0 saturated heterocycles. The quantitative estimate of drug-likeness (QED) is 0.724. The molecule has 1 rings (SSSR count). The molecule has 84 valence electrons. The Morgan fingerprint density at radius 1 is 1.73 bits per heavy atom. The summed E-state index contributed by atoms with van der Waals surface area (Å²) in [5.41, 5.74) is 0. The molecule has 0 aliphatic rings. The molecule has 0 aliphatic heterocycles. The molecule has 5 heteroatoms. The first-order valence-electron chi connectivity index (χ1n) is 5.09. The Bertz CT molecular complexity index is 322. The van der Waals surface area contributed by atoms with E-state index < -0.39 is 12.0 Å². The highest BCUT2D eigenvalue weighted by atomic mass is 16.4. The molecular weight excluding hydrogens is 194 g/mol. The van der Waals surface area contributed by atoms with Crippen molar-refractivity contribution in [2.75, 3.05) is 6.54 Å². The lowest BCUT2D eigenvalue weighted by Gasteiger charge is -2.13. The van der Waals surface area contributed by atoms with Crippen molar-refractivity contribution in [3.63, 3.8) is 0 Å². The van der Waals surface area contributed by atoms with Crippen molar-refractivity contribution in [3.8, 4) is 0 Å². The van der Waals surface area contributed by atoms with Gasteiger partial charge in [0.15, 0.2) is 0 Å². The van der Waals surface area contributed by atoms with E-state index in [4.69, 9.17) is 5.11 Å². The van der Waals surface area contributed by atoms with Gasteiger partial charge in [0, 0.05) is 18.9 Å². The molecule has 5 nitrogen and oxygen atoms in total. The molecule has 0 aliphatic carbocycles. The Morgan fingerprint density at radius 3 is 2.93 bits per heavy atom. The van der Waals surface area contributed by atoms with Gasteiger partial charge in [-0.3, -0.25) is 4.79 Å². The minimum Gasteiger partial charge on any atom is -0.480 e. The fourth-order valence-electron chi connectivity index (χ4n) is 1.47. The number of imidazole rings is 1. The Morgan fingerprint density at radius 2 is 2.47 bits per heavy atom. The number of carbonyl (C=O) groups is 1. The molecule has 2 N–H and O–H groups in total. The van der Waals surface area contributed by atoms with Crippen LogP contribution in [-0.2, 0) is 11.3 Å². The molecule has 1 unspecified atom stereocenters. The lowest BCUT2D eigenvalue weighted by atomic mass is 10.2. The highest BCUT2D eigenvalue weighted by molar-refractivity contribution is 5.73. The average Bonchev–Trinajstić information content (AvgIpc) is 2.58. The number of aryl methyl sites for hydroxylation is 2. The van der Waals surface area contributed by atoms with Crippen LogP contribution in [-0.4, -0.2) is 33.2 Å². The Kier molecular flexibility index (Phi) is 4.30. The van der Waals surface area contributed by atoms with Crippen molar-refractivity contribution in [3.05, 3.63) is 18.2 Å². The number of nitrogens with one attached hydrogen (secondary N) is 1. The van der Waals surface area contributed by atoms with Crippen molar-refractivity contribution in [1.82, 2.24) is 14.9 Å². The molecule has 0 fully saturated rings. The minimum atomic E-state index is -0.797. The molecule has 0 spiro atoms. The summed E-state index contributed by atoms with van der Waals surface area (Å²) in [6, 6.07) is -0.475. The number of carboxylic acid groups (broad SMARTS) is 1. The minimum absolute atomic E-state index is 0.475. The first-order chi connectivity index (χ1) is 7.15. The van der Waals surface area contributed by atoms with Crippen LogP contribution < -0.4 is 5.32 Å². The van der Waals surface area contributed by atoms with Gasteiger partial charge in [-0.05, 0) is 19.9 Å². The van der Waals surface area contributed by atoms with Crippen molar-refractivity contribution in [2.45, 2.75) is 32.9 Å². The van der Waals surface area contributed by atoms with Crippen LogP contribution in [0, 0.1) is 6.92 Å². The fourth-order valence-corrected chi connectivity index (χ4v) is 1.47. The maximum atomic E-state index is 10.8. The van der Waals surface area contributed by atoms with Crippen LogP contribution in [0.4, 0.5) is 0 Å². The summed E-state index contributed by atoms with van der Waals surface area (Å²) >= 11 is 0. The zero-order valence-corrected chi connectivity index (χ0v) is 9.10. The van der Waals surface area contributed by atoms with E-state index in [0.29, 0.717) is 19.5 Å². The van der Waals surface area contributed by atoms with Crippen molar-refractivity contribution in [1.29, 1.82) is 0 Å². The number of carboxylic acids is 1. The molecule has 0 aromatic carbocycles. The number of aromatic nitrogens is 2. The largest absolute Gasteiger partial charge is 0.480 e. The van der Waals surface area contributed by atoms with Crippen LogP contribution in [0.15, 0.2) is 12.4 Å². The van der Waals surface area contributed by atoms with E-state index in [1.165, 1.54) is 0 Å². The molecule has 0 radical (unpaired) electrons. The smallest absolute Gasteiger partial charge is 0.320 e. The summed E-state index contributed by atoms with van der Waals surface area (Å²) in [4.78, 5) is 14.9. The third kappa shape index (κ3) is 3.36. The summed E-state index contributed by atoms with van der Waals surface area (Å²) in [7, 11) is 0. The highest BCUT2D eigenvalue weighted by Crippen LogP contribution is 2.00. The van der Waals surface area contributed by atoms with Gasteiger partial charge in [-0.25, -0.2) is 4.98 Å². The second-order valence-electron chi connectivity index (χ2n) is 3.41. The fraction of sp³-hybridized carbons (Fsp3) is 0.600. The number of hydrogen-bond acceptors (Lipinski definition) is 3. The zero-order valence-electron chi connectivity index (χ0n) is 9.10. The second-order valence-corrected chi connectivity index (χ2v) is 3.41. The summed E-state index contributed by atoms with van der Waals surface area (Å²) in [5.74, 6) is 0.116. The monoisotopic (exact) mass is 211 g/mol. The number of aliphatic carboxylic acids is 1. The van der Waals surface area contributed by atoms with Crippen LogP contribution in [0.3, 0.4) is 0 Å².